The number of aryl methyl sites for hydroxylation is 3. The predicted molar refractivity (Wildman–Crippen MR) is 75.7 cm³/mol. The Hall–Kier alpha value is -1.60. The van der Waals surface area contributed by atoms with Crippen LogP contribution in [0.5, 0.6) is 0 Å². The third kappa shape index (κ3) is 4.01. The lowest BCUT2D eigenvalue weighted by atomic mass is 10.0. The molecule has 0 aliphatic carbocycles. The number of aliphatic hydroxyl groups is 1. The van der Waals surface area contributed by atoms with Crippen LogP contribution in [0.1, 0.15) is 23.1 Å². The molecule has 94 valence electrons. The molecule has 2 aromatic carbocycles. The zero-order valence-electron chi connectivity index (χ0n) is 10.7. The van der Waals surface area contributed by atoms with E-state index in [4.69, 9.17) is 5.11 Å². The topological polar surface area (TPSA) is 20.2 Å². The maximum absolute atomic E-state index is 8.79. The van der Waals surface area contributed by atoms with Gasteiger partial charge in [0.15, 0.2) is 0 Å². The molecule has 0 amide bonds. The van der Waals surface area contributed by atoms with Crippen LogP contribution in [0.3, 0.4) is 0 Å². The fourth-order valence-corrected chi connectivity index (χ4v) is 2.09. The highest BCUT2D eigenvalue weighted by Crippen LogP contribution is 2.10. The molecule has 2 rings (SSSR count). The molecular weight excluding hydrogens is 220 g/mol. The normalized spacial score (nSPS) is 10.5. The summed E-state index contributed by atoms with van der Waals surface area (Å²) in [6.07, 6.45) is 4.00. The van der Waals surface area contributed by atoms with Crippen LogP contribution in [0.4, 0.5) is 0 Å². The monoisotopic (exact) mass is 240 g/mol. The van der Waals surface area contributed by atoms with Gasteiger partial charge in [-0.05, 0) is 42.4 Å². The van der Waals surface area contributed by atoms with Crippen molar-refractivity contribution in [2.45, 2.75) is 25.7 Å². The molecule has 1 N–H and O–H groups in total. The molecule has 0 unspecified atom stereocenters. The second-order valence-corrected chi connectivity index (χ2v) is 4.63. The Morgan fingerprint density at radius 2 is 1.11 bits per heavy atom. The molecule has 0 atom stereocenters. The molecule has 0 aliphatic rings. The molecule has 0 saturated carbocycles. The molecule has 0 saturated heterocycles. The Morgan fingerprint density at radius 1 is 0.611 bits per heavy atom. The molecule has 0 fully saturated rings. The van der Waals surface area contributed by atoms with Crippen molar-refractivity contribution < 1.29 is 5.11 Å². The fourth-order valence-electron chi connectivity index (χ4n) is 2.09. The van der Waals surface area contributed by atoms with Crippen LogP contribution in [0.2, 0.25) is 0 Å². The van der Waals surface area contributed by atoms with Crippen molar-refractivity contribution in [3.8, 4) is 0 Å². The Labute approximate surface area is 109 Å². The van der Waals surface area contributed by atoms with Gasteiger partial charge < -0.3 is 5.11 Å². The summed E-state index contributed by atoms with van der Waals surface area (Å²) < 4.78 is 0. The Balaban J connectivity index is 1.86. The van der Waals surface area contributed by atoms with E-state index in [1.165, 1.54) is 16.7 Å². The molecule has 1 nitrogen and oxygen atoms in total. The number of hydrogen-bond donors (Lipinski definition) is 1. The van der Waals surface area contributed by atoms with Crippen LogP contribution in [0.25, 0.3) is 0 Å². The third-order valence-electron chi connectivity index (χ3n) is 3.19. The van der Waals surface area contributed by atoms with E-state index < -0.39 is 0 Å². The number of aliphatic hydroxyl groups excluding tert-OH is 1. The Morgan fingerprint density at radius 3 is 1.67 bits per heavy atom. The average Bonchev–Trinajstić information content (AvgIpc) is 2.45. The van der Waals surface area contributed by atoms with Crippen LogP contribution in [0, 0.1) is 0 Å². The summed E-state index contributed by atoms with van der Waals surface area (Å²) in [6.45, 7) is 0.274. The van der Waals surface area contributed by atoms with E-state index in [2.05, 4.69) is 54.6 Å². The van der Waals surface area contributed by atoms with Crippen molar-refractivity contribution in [2.24, 2.45) is 0 Å². The van der Waals surface area contributed by atoms with Gasteiger partial charge in [-0.2, -0.15) is 0 Å². The fraction of sp³-hybridized carbons (Fsp3) is 0.294. The molecule has 0 radical (unpaired) electrons. The average molecular weight is 240 g/mol. The summed E-state index contributed by atoms with van der Waals surface area (Å²) in [7, 11) is 0. The van der Waals surface area contributed by atoms with Gasteiger partial charge in [-0.1, -0.05) is 54.6 Å². The molecule has 0 heterocycles. The van der Waals surface area contributed by atoms with Crippen LogP contribution < -0.4 is 0 Å². The minimum Gasteiger partial charge on any atom is -0.396 e. The van der Waals surface area contributed by atoms with E-state index in [1.54, 1.807) is 0 Å². The summed E-state index contributed by atoms with van der Waals surface area (Å²) >= 11 is 0. The van der Waals surface area contributed by atoms with E-state index in [-0.39, 0.29) is 6.61 Å². The summed E-state index contributed by atoms with van der Waals surface area (Å²) in [5.41, 5.74) is 4.08. The largest absolute Gasteiger partial charge is 0.396 e. The first kappa shape index (κ1) is 12.8. The van der Waals surface area contributed by atoms with Gasteiger partial charge in [0.05, 0.1) is 0 Å². The SMILES string of the molecule is OCCCc1ccc(CCc2ccccc2)cc1. The van der Waals surface area contributed by atoms with Crippen LogP contribution in [-0.4, -0.2) is 11.7 Å². The quantitative estimate of drug-likeness (QED) is 0.820. The maximum atomic E-state index is 8.79. The van der Waals surface area contributed by atoms with Crippen LogP contribution in [-0.2, 0) is 19.3 Å². The molecule has 2 aromatic rings. The second-order valence-electron chi connectivity index (χ2n) is 4.63. The van der Waals surface area contributed by atoms with Gasteiger partial charge >= 0.3 is 0 Å². The van der Waals surface area contributed by atoms with Crippen molar-refractivity contribution in [3.05, 3.63) is 71.3 Å². The molecular formula is C17H20O. The van der Waals surface area contributed by atoms with Crippen molar-refractivity contribution in [2.75, 3.05) is 6.61 Å². The van der Waals surface area contributed by atoms with Gasteiger partial charge in [0.25, 0.3) is 0 Å². The van der Waals surface area contributed by atoms with Crippen molar-refractivity contribution in [3.63, 3.8) is 0 Å². The number of benzene rings is 2. The summed E-state index contributed by atoms with van der Waals surface area (Å²) in [6, 6.07) is 19.3. The molecule has 0 bridgehead atoms. The van der Waals surface area contributed by atoms with Gasteiger partial charge in [0.1, 0.15) is 0 Å². The summed E-state index contributed by atoms with van der Waals surface area (Å²) in [5.74, 6) is 0. The van der Waals surface area contributed by atoms with Crippen LogP contribution in [0.15, 0.2) is 54.6 Å². The van der Waals surface area contributed by atoms with E-state index in [0.717, 1.165) is 25.7 Å². The lowest BCUT2D eigenvalue weighted by Gasteiger charge is -2.04. The Kier molecular flexibility index (Phi) is 4.98. The highest BCUT2D eigenvalue weighted by molar-refractivity contribution is 5.24. The van der Waals surface area contributed by atoms with Gasteiger partial charge in [-0.25, -0.2) is 0 Å². The highest BCUT2D eigenvalue weighted by atomic mass is 16.2. The van der Waals surface area contributed by atoms with Gasteiger partial charge in [0, 0.05) is 6.61 Å². The first-order valence-corrected chi connectivity index (χ1v) is 6.61. The first-order valence-electron chi connectivity index (χ1n) is 6.61. The summed E-state index contributed by atoms with van der Waals surface area (Å²) in [5, 5.41) is 8.79. The maximum Gasteiger partial charge on any atom is 0.0434 e. The van der Waals surface area contributed by atoms with E-state index in [1.807, 2.05) is 0 Å². The zero-order valence-corrected chi connectivity index (χ0v) is 10.7. The lowest BCUT2D eigenvalue weighted by molar-refractivity contribution is 0.288. The second kappa shape index (κ2) is 6.97. The summed E-state index contributed by atoms with van der Waals surface area (Å²) in [4.78, 5) is 0. The zero-order chi connectivity index (χ0) is 12.6. The van der Waals surface area contributed by atoms with Gasteiger partial charge in [0.2, 0.25) is 0 Å². The first-order chi connectivity index (χ1) is 8.88. The number of rotatable bonds is 6. The number of hydrogen-bond acceptors (Lipinski definition) is 1. The Bertz CT molecular complexity index is 445. The smallest absolute Gasteiger partial charge is 0.0434 e. The van der Waals surface area contributed by atoms with E-state index >= 15 is 0 Å². The molecule has 0 aliphatic heterocycles. The van der Waals surface area contributed by atoms with Gasteiger partial charge in [-0.3, -0.25) is 0 Å². The van der Waals surface area contributed by atoms with Crippen molar-refractivity contribution in [1.82, 2.24) is 0 Å². The highest BCUT2D eigenvalue weighted by Gasteiger charge is 1.97. The lowest BCUT2D eigenvalue weighted by Crippen LogP contribution is -1.93. The van der Waals surface area contributed by atoms with E-state index in [0.29, 0.717) is 0 Å². The third-order valence-corrected chi connectivity index (χ3v) is 3.19. The minimum absolute atomic E-state index is 0.274. The van der Waals surface area contributed by atoms with Gasteiger partial charge in [-0.15, -0.1) is 0 Å². The molecule has 0 spiro atoms. The predicted octanol–water partition coefficient (Wildman–Crippen LogP) is 3.40. The minimum atomic E-state index is 0.274. The standard InChI is InChI=1S/C17H20O/c18-14-4-7-16-9-12-17(13-10-16)11-8-15-5-2-1-3-6-15/h1-3,5-6,9-10,12-13,18H,4,7-8,11,14H2. The van der Waals surface area contributed by atoms with Crippen LogP contribution >= 0.6 is 0 Å². The molecule has 0 aromatic heterocycles. The van der Waals surface area contributed by atoms with Crippen molar-refractivity contribution >= 4 is 0 Å². The molecule has 18 heavy (non-hydrogen) atoms. The van der Waals surface area contributed by atoms with E-state index in [9.17, 15) is 0 Å². The molecule has 1 heteroatoms. The van der Waals surface area contributed by atoms with Crippen molar-refractivity contribution in [1.29, 1.82) is 0 Å².